The van der Waals surface area contributed by atoms with Gasteiger partial charge < -0.3 is 10.6 Å². The molecule has 0 aromatic heterocycles. The van der Waals surface area contributed by atoms with Gasteiger partial charge in [0.05, 0.1) is 30.5 Å². The Morgan fingerprint density at radius 3 is 2.37 bits per heavy atom. The second-order valence-corrected chi connectivity index (χ2v) is 3.85. The van der Waals surface area contributed by atoms with Crippen molar-refractivity contribution in [3.8, 4) is 12.1 Å². The summed E-state index contributed by atoms with van der Waals surface area (Å²) >= 11 is 0. The Hall–Kier alpha value is -2.60. The first kappa shape index (κ1) is 14.5. The van der Waals surface area contributed by atoms with Crippen LogP contribution in [-0.2, 0) is 0 Å². The van der Waals surface area contributed by atoms with Crippen LogP contribution in [-0.4, -0.2) is 23.9 Å². The van der Waals surface area contributed by atoms with Crippen LogP contribution in [0.25, 0.3) is 0 Å². The normalized spacial score (nSPS) is 9.42. The molecule has 98 valence electrons. The van der Waals surface area contributed by atoms with Crippen LogP contribution in [0.4, 0.5) is 10.1 Å². The number of carbonyl (C=O) groups excluding carboxylic acids is 1. The van der Waals surface area contributed by atoms with Gasteiger partial charge in [0.2, 0.25) is 0 Å². The number of nitriles is 2. The molecule has 0 radical (unpaired) electrons. The first-order chi connectivity index (χ1) is 9.10. The lowest BCUT2D eigenvalue weighted by Crippen LogP contribution is -2.33. The van der Waals surface area contributed by atoms with Gasteiger partial charge in [-0.25, -0.2) is 4.39 Å². The Bertz CT molecular complexity index is 527. The molecule has 0 saturated heterocycles. The number of anilines is 1. The van der Waals surface area contributed by atoms with Crippen LogP contribution in [0.15, 0.2) is 18.2 Å². The number of hydrogen-bond donors (Lipinski definition) is 1. The molecule has 1 aromatic rings. The maximum Gasteiger partial charge on any atom is 0.256 e. The van der Waals surface area contributed by atoms with Crippen LogP contribution < -0.4 is 5.73 Å². The molecule has 0 aliphatic carbocycles. The monoisotopic (exact) mass is 260 g/mol. The second-order valence-electron chi connectivity index (χ2n) is 3.85. The number of nitrogens with two attached hydrogens (primary N) is 1. The second kappa shape index (κ2) is 6.97. The van der Waals surface area contributed by atoms with E-state index in [0.717, 1.165) is 6.07 Å². The van der Waals surface area contributed by atoms with Crippen molar-refractivity contribution in [3.05, 3.63) is 29.6 Å². The summed E-state index contributed by atoms with van der Waals surface area (Å²) in [7, 11) is 0. The van der Waals surface area contributed by atoms with E-state index in [4.69, 9.17) is 16.3 Å². The average Bonchev–Trinajstić information content (AvgIpc) is 2.41. The molecule has 1 amide bonds. The Morgan fingerprint density at radius 1 is 1.26 bits per heavy atom. The first-order valence-corrected chi connectivity index (χ1v) is 5.68. The van der Waals surface area contributed by atoms with E-state index in [-0.39, 0.29) is 37.2 Å². The van der Waals surface area contributed by atoms with E-state index in [2.05, 4.69) is 0 Å². The topological polar surface area (TPSA) is 93.9 Å². The van der Waals surface area contributed by atoms with Crippen molar-refractivity contribution >= 4 is 11.6 Å². The van der Waals surface area contributed by atoms with Crippen molar-refractivity contribution in [1.82, 2.24) is 4.90 Å². The van der Waals surface area contributed by atoms with Crippen LogP contribution in [0, 0.1) is 28.5 Å². The lowest BCUT2D eigenvalue weighted by molar-refractivity contribution is 0.0758. The number of carbonyl (C=O) groups is 1. The maximum absolute atomic E-state index is 13.6. The average molecular weight is 260 g/mol. The highest BCUT2D eigenvalue weighted by molar-refractivity contribution is 5.95. The molecular formula is C13H13FN4O. The van der Waals surface area contributed by atoms with Gasteiger partial charge in [-0.1, -0.05) is 0 Å². The van der Waals surface area contributed by atoms with Gasteiger partial charge in [0.25, 0.3) is 5.91 Å². The van der Waals surface area contributed by atoms with Gasteiger partial charge in [-0.05, 0) is 18.2 Å². The lowest BCUT2D eigenvalue weighted by atomic mass is 10.1. The fraction of sp³-hybridized carbons (Fsp3) is 0.308. The highest BCUT2D eigenvalue weighted by Gasteiger charge is 2.19. The Balaban J connectivity index is 2.94. The molecule has 0 aliphatic rings. The van der Waals surface area contributed by atoms with Crippen molar-refractivity contribution in [2.75, 3.05) is 18.8 Å². The minimum absolute atomic E-state index is 0.126. The van der Waals surface area contributed by atoms with Gasteiger partial charge in [0.15, 0.2) is 0 Å². The standard InChI is InChI=1S/C13H13FN4O/c14-12-4-3-10(17)9-11(12)13(19)18(7-1-5-15)8-2-6-16/h3-4,9H,1-2,7-8,17H2. The Labute approximate surface area is 110 Å². The molecular weight excluding hydrogens is 247 g/mol. The molecule has 2 N–H and O–H groups in total. The van der Waals surface area contributed by atoms with E-state index in [9.17, 15) is 9.18 Å². The summed E-state index contributed by atoms with van der Waals surface area (Å²) in [5.74, 6) is -1.23. The maximum atomic E-state index is 13.6. The van der Waals surface area contributed by atoms with Crippen molar-refractivity contribution in [2.45, 2.75) is 12.8 Å². The van der Waals surface area contributed by atoms with Crippen molar-refractivity contribution < 1.29 is 9.18 Å². The quantitative estimate of drug-likeness (QED) is 0.815. The van der Waals surface area contributed by atoms with Gasteiger partial charge in [-0.2, -0.15) is 10.5 Å². The zero-order chi connectivity index (χ0) is 14.3. The van der Waals surface area contributed by atoms with Crippen molar-refractivity contribution in [2.24, 2.45) is 0 Å². The number of amides is 1. The fourth-order valence-electron chi connectivity index (χ4n) is 1.56. The van der Waals surface area contributed by atoms with Crippen LogP contribution in [0.1, 0.15) is 23.2 Å². The summed E-state index contributed by atoms with van der Waals surface area (Å²) in [6.45, 7) is 0.316. The third-order valence-electron chi connectivity index (χ3n) is 2.50. The molecule has 0 saturated carbocycles. The van der Waals surface area contributed by atoms with E-state index >= 15 is 0 Å². The van der Waals surface area contributed by atoms with E-state index < -0.39 is 11.7 Å². The number of hydrogen-bond acceptors (Lipinski definition) is 4. The third kappa shape index (κ3) is 3.97. The molecule has 0 aliphatic heterocycles. The third-order valence-corrected chi connectivity index (χ3v) is 2.50. The SMILES string of the molecule is N#CCCN(CCC#N)C(=O)c1cc(N)ccc1F. The predicted molar refractivity (Wildman–Crippen MR) is 67.2 cm³/mol. The zero-order valence-corrected chi connectivity index (χ0v) is 10.3. The largest absolute Gasteiger partial charge is 0.399 e. The summed E-state index contributed by atoms with van der Waals surface area (Å²) < 4.78 is 13.6. The zero-order valence-electron chi connectivity index (χ0n) is 10.3. The van der Waals surface area contributed by atoms with E-state index in [1.54, 1.807) is 0 Å². The fourth-order valence-corrected chi connectivity index (χ4v) is 1.56. The minimum Gasteiger partial charge on any atom is -0.399 e. The predicted octanol–water partition coefficient (Wildman–Crippen LogP) is 1.68. The molecule has 0 bridgehead atoms. The molecule has 6 heteroatoms. The summed E-state index contributed by atoms with van der Waals surface area (Å²) in [6, 6.07) is 7.56. The Morgan fingerprint density at radius 2 is 1.84 bits per heavy atom. The van der Waals surface area contributed by atoms with Gasteiger partial charge in [0.1, 0.15) is 5.82 Å². The molecule has 1 rings (SSSR count). The van der Waals surface area contributed by atoms with Gasteiger partial charge in [-0.3, -0.25) is 4.79 Å². The number of benzene rings is 1. The molecule has 0 atom stereocenters. The summed E-state index contributed by atoms with van der Waals surface area (Å²) in [5, 5.41) is 17.1. The van der Waals surface area contributed by atoms with Gasteiger partial charge in [-0.15, -0.1) is 0 Å². The van der Waals surface area contributed by atoms with Gasteiger partial charge in [0, 0.05) is 18.8 Å². The molecule has 1 aromatic carbocycles. The van der Waals surface area contributed by atoms with Crippen LogP contribution >= 0.6 is 0 Å². The Kier molecular flexibility index (Phi) is 5.31. The molecule has 0 spiro atoms. The number of nitrogens with zero attached hydrogens (tertiary/aromatic N) is 3. The number of nitrogen functional groups attached to an aromatic ring is 1. The van der Waals surface area contributed by atoms with E-state index in [1.165, 1.54) is 17.0 Å². The van der Waals surface area contributed by atoms with Crippen molar-refractivity contribution in [3.63, 3.8) is 0 Å². The van der Waals surface area contributed by atoms with E-state index in [0.29, 0.717) is 0 Å². The van der Waals surface area contributed by atoms with Crippen molar-refractivity contribution in [1.29, 1.82) is 10.5 Å². The summed E-state index contributed by atoms with van der Waals surface area (Å²) in [6.07, 6.45) is 0.252. The van der Waals surface area contributed by atoms with Crippen LogP contribution in [0.3, 0.4) is 0 Å². The summed E-state index contributed by atoms with van der Waals surface area (Å²) in [4.78, 5) is 13.4. The molecule has 0 heterocycles. The van der Waals surface area contributed by atoms with E-state index in [1.807, 2.05) is 12.1 Å². The number of rotatable bonds is 5. The minimum atomic E-state index is -0.668. The molecule has 0 unspecified atom stereocenters. The first-order valence-electron chi connectivity index (χ1n) is 5.68. The lowest BCUT2D eigenvalue weighted by Gasteiger charge is -2.20. The highest BCUT2D eigenvalue weighted by atomic mass is 19.1. The number of halogens is 1. The summed E-state index contributed by atoms with van der Waals surface area (Å²) in [5.41, 5.74) is 5.66. The van der Waals surface area contributed by atoms with Crippen LogP contribution in [0.2, 0.25) is 0 Å². The smallest absolute Gasteiger partial charge is 0.256 e. The molecule has 0 fully saturated rings. The molecule has 19 heavy (non-hydrogen) atoms. The highest BCUT2D eigenvalue weighted by Crippen LogP contribution is 2.15. The molecule has 5 nitrogen and oxygen atoms in total. The van der Waals surface area contributed by atoms with Gasteiger partial charge >= 0.3 is 0 Å². The van der Waals surface area contributed by atoms with Crippen LogP contribution in [0.5, 0.6) is 0 Å².